The molecule has 1 atom stereocenters. The molecular weight excluding hydrogens is 426 g/mol. The molecule has 2 aromatic rings. The first kappa shape index (κ1) is 19.9. The fraction of sp³-hybridized carbons (Fsp3) is 0.250. The van der Waals surface area contributed by atoms with Crippen molar-refractivity contribution in [3.05, 3.63) is 69.4 Å². The number of hydrogen-bond acceptors (Lipinski definition) is 2. The summed E-state index contributed by atoms with van der Waals surface area (Å²) in [6.07, 6.45) is -4.52. The summed E-state index contributed by atoms with van der Waals surface area (Å²) in [6.45, 7) is 1.42. The lowest BCUT2D eigenvalue weighted by Gasteiger charge is -2.16. The zero-order chi connectivity index (χ0) is 18.8. The minimum absolute atomic E-state index is 0.0352. The van der Waals surface area contributed by atoms with E-state index < -0.39 is 39.4 Å². The van der Waals surface area contributed by atoms with Crippen LogP contribution in [-0.2, 0) is 22.0 Å². The molecule has 0 fully saturated rings. The molecule has 0 amide bonds. The maximum Gasteiger partial charge on any atom is 0.416 e. The zero-order valence-corrected chi connectivity index (χ0v) is 15.3. The van der Waals surface area contributed by atoms with E-state index in [4.69, 9.17) is 0 Å². The second-order valence-electron chi connectivity index (χ2n) is 5.46. The molecule has 0 saturated heterocycles. The van der Waals surface area contributed by atoms with E-state index in [0.717, 1.165) is 18.2 Å². The van der Waals surface area contributed by atoms with E-state index in [0.29, 0.717) is 4.47 Å². The summed E-state index contributed by atoms with van der Waals surface area (Å²) in [5, 5.41) is 0. The standard InChI is InChI=1S/C16H14BrF4NO2S/c1-10(11-3-2-4-13(7-11)16(19,20)21)22-25(23,24)9-12-5-6-14(17)8-15(12)18/h2-8,10,22H,9H2,1H3. The van der Waals surface area contributed by atoms with Crippen LogP contribution in [0.25, 0.3) is 0 Å². The van der Waals surface area contributed by atoms with Crippen molar-refractivity contribution in [1.82, 2.24) is 4.72 Å². The molecule has 0 heterocycles. The Balaban J connectivity index is 2.17. The SMILES string of the molecule is CC(NS(=O)(=O)Cc1ccc(Br)cc1F)c1cccc(C(F)(F)F)c1. The molecule has 1 N–H and O–H groups in total. The number of nitrogens with one attached hydrogen (secondary N) is 1. The Morgan fingerprint density at radius 1 is 1.16 bits per heavy atom. The number of benzene rings is 2. The Labute approximate surface area is 151 Å². The van der Waals surface area contributed by atoms with E-state index in [-0.39, 0.29) is 11.1 Å². The van der Waals surface area contributed by atoms with Crippen LogP contribution in [0, 0.1) is 5.82 Å². The molecule has 0 saturated carbocycles. The molecule has 0 aliphatic heterocycles. The van der Waals surface area contributed by atoms with Gasteiger partial charge in [0.15, 0.2) is 0 Å². The maximum atomic E-state index is 13.8. The molecule has 136 valence electrons. The van der Waals surface area contributed by atoms with Crippen LogP contribution in [0.15, 0.2) is 46.9 Å². The van der Waals surface area contributed by atoms with Gasteiger partial charge in [-0.1, -0.05) is 34.1 Å². The highest BCUT2D eigenvalue weighted by molar-refractivity contribution is 9.10. The van der Waals surface area contributed by atoms with Gasteiger partial charge in [-0.2, -0.15) is 13.2 Å². The molecule has 0 spiro atoms. The molecule has 2 aromatic carbocycles. The van der Waals surface area contributed by atoms with Crippen molar-refractivity contribution in [2.24, 2.45) is 0 Å². The van der Waals surface area contributed by atoms with Crippen LogP contribution in [0.3, 0.4) is 0 Å². The smallest absolute Gasteiger partial charge is 0.212 e. The third kappa shape index (κ3) is 5.52. The lowest BCUT2D eigenvalue weighted by molar-refractivity contribution is -0.137. The Kier molecular flexibility index (Phi) is 5.90. The number of halogens is 5. The van der Waals surface area contributed by atoms with Crippen molar-refractivity contribution in [1.29, 1.82) is 0 Å². The molecule has 0 bridgehead atoms. The van der Waals surface area contributed by atoms with Crippen molar-refractivity contribution >= 4 is 26.0 Å². The Morgan fingerprint density at radius 3 is 2.44 bits per heavy atom. The van der Waals surface area contributed by atoms with Gasteiger partial charge in [-0.25, -0.2) is 17.5 Å². The topological polar surface area (TPSA) is 46.2 Å². The third-order valence-corrected chi connectivity index (χ3v) is 5.33. The zero-order valence-electron chi connectivity index (χ0n) is 12.9. The average molecular weight is 440 g/mol. The molecule has 9 heteroatoms. The molecule has 3 nitrogen and oxygen atoms in total. The Morgan fingerprint density at radius 2 is 1.84 bits per heavy atom. The fourth-order valence-corrected chi connectivity index (χ4v) is 3.94. The molecular formula is C16H14BrF4NO2S. The van der Waals surface area contributed by atoms with Crippen molar-refractivity contribution in [3.63, 3.8) is 0 Å². The van der Waals surface area contributed by atoms with Crippen molar-refractivity contribution < 1.29 is 26.0 Å². The van der Waals surface area contributed by atoms with Crippen LogP contribution in [0.5, 0.6) is 0 Å². The van der Waals surface area contributed by atoms with Gasteiger partial charge in [0.1, 0.15) is 5.82 Å². The normalized spacial score (nSPS) is 13.7. The van der Waals surface area contributed by atoms with Crippen molar-refractivity contribution in [3.8, 4) is 0 Å². The largest absolute Gasteiger partial charge is 0.416 e. The van der Waals surface area contributed by atoms with Gasteiger partial charge in [-0.15, -0.1) is 0 Å². The monoisotopic (exact) mass is 439 g/mol. The maximum absolute atomic E-state index is 13.8. The predicted molar refractivity (Wildman–Crippen MR) is 89.7 cm³/mol. The summed E-state index contributed by atoms with van der Waals surface area (Å²) in [6, 6.07) is 7.46. The van der Waals surface area contributed by atoms with Gasteiger partial charge in [0, 0.05) is 16.1 Å². The molecule has 2 rings (SSSR count). The first-order chi connectivity index (χ1) is 11.5. The number of rotatable bonds is 5. The van der Waals surface area contributed by atoms with Gasteiger partial charge in [-0.05, 0) is 36.8 Å². The van der Waals surface area contributed by atoms with Gasteiger partial charge in [0.25, 0.3) is 0 Å². The first-order valence-electron chi connectivity index (χ1n) is 7.09. The van der Waals surface area contributed by atoms with Crippen LogP contribution in [-0.4, -0.2) is 8.42 Å². The highest BCUT2D eigenvalue weighted by Gasteiger charge is 2.31. The van der Waals surface area contributed by atoms with Gasteiger partial charge in [0.05, 0.1) is 11.3 Å². The molecule has 0 aromatic heterocycles. The molecule has 0 radical (unpaired) electrons. The van der Waals surface area contributed by atoms with E-state index in [1.54, 1.807) is 0 Å². The predicted octanol–water partition coefficient (Wildman–Crippen LogP) is 4.79. The van der Waals surface area contributed by atoms with E-state index in [1.165, 1.54) is 31.2 Å². The van der Waals surface area contributed by atoms with Crippen molar-refractivity contribution in [2.75, 3.05) is 0 Å². The van der Waals surface area contributed by atoms with Gasteiger partial charge in [0.2, 0.25) is 10.0 Å². The highest BCUT2D eigenvalue weighted by atomic mass is 79.9. The second kappa shape index (κ2) is 7.43. The average Bonchev–Trinajstić information content (AvgIpc) is 2.49. The Bertz CT molecular complexity index is 869. The number of hydrogen-bond donors (Lipinski definition) is 1. The molecule has 25 heavy (non-hydrogen) atoms. The van der Waals surface area contributed by atoms with E-state index in [2.05, 4.69) is 20.7 Å². The number of sulfonamides is 1. The van der Waals surface area contributed by atoms with Crippen LogP contribution < -0.4 is 4.72 Å². The second-order valence-corrected chi connectivity index (χ2v) is 8.13. The minimum atomic E-state index is -4.52. The van der Waals surface area contributed by atoms with Crippen LogP contribution in [0.1, 0.15) is 29.7 Å². The van der Waals surface area contributed by atoms with Crippen LogP contribution in [0.4, 0.5) is 17.6 Å². The van der Waals surface area contributed by atoms with Crippen molar-refractivity contribution in [2.45, 2.75) is 24.9 Å². The van der Waals surface area contributed by atoms with Gasteiger partial charge in [-0.3, -0.25) is 0 Å². The number of alkyl halides is 3. The van der Waals surface area contributed by atoms with Crippen LogP contribution >= 0.6 is 15.9 Å². The summed E-state index contributed by atoms with van der Waals surface area (Å²) in [7, 11) is -3.95. The van der Waals surface area contributed by atoms with E-state index in [1.807, 2.05) is 0 Å². The van der Waals surface area contributed by atoms with E-state index >= 15 is 0 Å². The quantitative estimate of drug-likeness (QED) is 0.680. The summed E-state index contributed by atoms with van der Waals surface area (Å²) in [5.41, 5.74) is -0.739. The highest BCUT2D eigenvalue weighted by Crippen LogP contribution is 2.31. The third-order valence-electron chi connectivity index (χ3n) is 3.43. The molecule has 1 unspecified atom stereocenters. The first-order valence-corrected chi connectivity index (χ1v) is 9.53. The lowest BCUT2D eigenvalue weighted by Crippen LogP contribution is -2.28. The summed E-state index contributed by atoms with van der Waals surface area (Å²) >= 11 is 3.07. The Hall–Kier alpha value is -1.45. The summed E-state index contributed by atoms with van der Waals surface area (Å²) in [5.74, 6) is -1.30. The van der Waals surface area contributed by atoms with Crippen LogP contribution in [0.2, 0.25) is 0 Å². The summed E-state index contributed by atoms with van der Waals surface area (Å²) in [4.78, 5) is 0. The van der Waals surface area contributed by atoms with Gasteiger partial charge < -0.3 is 0 Å². The molecule has 0 aliphatic carbocycles. The van der Waals surface area contributed by atoms with Gasteiger partial charge >= 0.3 is 6.18 Å². The summed E-state index contributed by atoms with van der Waals surface area (Å²) < 4.78 is 79.1. The van der Waals surface area contributed by atoms with E-state index in [9.17, 15) is 26.0 Å². The lowest BCUT2D eigenvalue weighted by atomic mass is 10.1. The minimum Gasteiger partial charge on any atom is -0.212 e. The molecule has 0 aliphatic rings. The fourth-order valence-electron chi connectivity index (χ4n) is 2.21.